The van der Waals surface area contributed by atoms with Crippen LogP contribution in [0.5, 0.6) is 5.75 Å². The average molecular weight is 376 g/mol. The number of hydrogen-bond acceptors (Lipinski definition) is 5. The monoisotopic (exact) mass is 376 g/mol. The van der Waals surface area contributed by atoms with Gasteiger partial charge < -0.3 is 24.4 Å². The molecule has 7 nitrogen and oxygen atoms in total. The Kier molecular flexibility index (Phi) is 6.68. The van der Waals surface area contributed by atoms with Crippen molar-refractivity contribution >= 4 is 11.8 Å². The molecule has 0 radical (unpaired) electrons. The van der Waals surface area contributed by atoms with E-state index in [0.29, 0.717) is 51.2 Å². The third-order valence-corrected chi connectivity index (χ3v) is 5.17. The molecule has 2 fully saturated rings. The number of likely N-dealkylation sites (tertiary alicyclic amines) is 2. The summed E-state index contributed by atoms with van der Waals surface area (Å²) in [5, 5.41) is 9.57. The van der Waals surface area contributed by atoms with Crippen molar-refractivity contribution in [1.82, 2.24) is 9.80 Å². The van der Waals surface area contributed by atoms with Crippen LogP contribution in [0, 0.1) is 0 Å². The standard InChI is InChI=1S/C20H28N2O5/c1-26-13-9-19(24)21-11-7-18(8-12-21)27-17-4-2-15(3-5-17)20(25)22-10-6-16(23)14-22/h2-5,16,18,23H,6-14H2,1H3/t16-/m1/s1. The van der Waals surface area contributed by atoms with Gasteiger partial charge in [0.15, 0.2) is 0 Å². The average Bonchev–Trinajstić information content (AvgIpc) is 3.13. The quantitative estimate of drug-likeness (QED) is 0.810. The lowest BCUT2D eigenvalue weighted by Crippen LogP contribution is -2.42. The zero-order chi connectivity index (χ0) is 19.2. The molecule has 2 aliphatic heterocycles. The lowest BCUT2D eigenvalue weighted by atomic mass is 10.1. The number of methoxy groups -OCH3 is 1. The highest BCUT2D eigenvalue weighted by Gasteiger charge is 2.26. The highest BCUT2D eigenvalue weighted by molar-refractivity contribution is 5.94. The van der Waals surface area contributed by atoms with Gasteiger partial charge in [0.1, 0.15) is 11.9 Å². The molecule has 2 heterocycles. The number of piperidine rings is 1. The number of carbonyl (C=O) groups excluding carboxylic acids is 2. The Balaban J connectivity index is 1.46. The first-order chi connectivity index (χ1) is 13.1. The van der Waals surface area contributed by atoms with Gasteiger partial charge in [-0.05, 0) is 30.7 Å². The Morgan fingerprint density at radius 2 is 1.74 bits per heavy atom. The summed E-state index contributed by atoms with van der Waals surface area (Å²) in [5.74, 6) is 0.809. The van der Waals surface area contributed by atoms with Gasteiger partial charge in [0.2, 0.25) is 5.91 Å². The Labute approximate surface area is 159 Å². The van der Waals surface area contributed by atoms with Crippen molar-refractivity contribution in [1.29, 1.82) is 0 Å². The van der Waals surface area contributed by atoms with E-state index in [4.69, 9.17) is 9.47 Å². The summed E-state index contributed by atoms with van der Waals surface area (Å²) in [6.45, 7) is 2.84. The van der Waals surface area contributed by atoms with Gasteiger partial charge >= 0.3 is 0 Å². The van der Waals surface area contributed by atoms with Gasteiger partial charge in [-0.15, -0.1) is 0 Å². The van der Waals surface area contributed by atoms with E-state index in [-0.39, 0.29) is 17.9 Å². The van der Waals surface area contributed by atoms with E-state index in [1.165, 1.54) is 0 Å². The maximum atomic E-state index is 12.4. The third-order valence-electron chi connectivity index (χ3n) is 5.17. The second-order valence-electron chi connectivity index (χ2n) is 7.16. The van der Waals surface area contributed by atoms with Crippen molar-refractivity contribution in [3.63, 3.8) is 0 Å². The normalized spacial score (nSPS) is 20.7. The summed E-state index contributed by atoms with van der Waals surface area (Å²) >= 11 is 0. The van der Waals surface area contributed by atoms with Crippen LogP contribution in [0.25, 0.3) is 0 Å². The van der Waals surface area contributed by atoms with E-state index >= 15 is 0 Å². The molecule has 148 valence electrons. The molecule has 0 bridgehead atoms. The number of aliphatic hydroxyl groups is 1. The van der Waals surface area contributed by atoms with E-state index in [9.17, 15) is 14.7 Å². The molecule has 1 N–H and O–H groups in total. The van der Waals surface area contributed by atoms with Gasteiger partial charge in [0.05, 0.1) is 19.1 Å². The van der Waals surface area contributed by atoms with Gasteiger partial charge in [-0.25, -0.2) is 0 Å². The van der Waals surface area contributed by atoms with Crippen LogP contribution in [-0.4, -0.2) is 78.8 Å². The Morgan fingerprint density at radius 3 is 2.33 bits per heavy atom. The first-order valence-corrected chi connectivity index (χ1v) is 9.57. The van der Waals surface area contributed by atoms with Crippen molar-refractivity contribution in [3.8, 4) is 5.75 Å². The zero-order valence-corrected chi connectivity index (χ0v) is 15.8. The number of amides is 2. The minimum Gasteiger partial charge on any atom is -0.490 e. The molecule has 0 unspecified atom stereocenters. The summed E-state index contributed by atoms with van der Waals surface area (Å²) < 4.78 is 11.0. The van der Waals surface area contributed by atoms with Crippen molar-refractivity contribution in [3.05, 3.63) is 29.8 Å². The minimum absolute atomic E-state index is 0.0546. The van der Waals surface area contributed by atoms with Crippen LogP contribution in [0.3, 0.4) is 0 Å². The van der Waals surface area contributed by atoms with Gasteiger partial charge in [0, 0.05) is 51.7 Å². The van der Waals surface area contributed by atoms with Crippen LogP contribution in [-0.2, 0) is 9.53 Å². The molecule has 27 heavy (non-hydrogen) atoms. The molecule has 2 saturated heterocycles. The van der Waals surface area contributed by atoms with Crippen molar-refractivity contribution < 1.29 is 24.2 Å². The fourth-order valence-electron chi connectivity index (χ4n) is 3.55. The van der Waals surface area contributed by atoms with Crippen LogP contribution in [0.4, 0.5) is 0 Å². The van der Waals surface area contributed by atoms with Gasteiger partial charge in [-0.3, -0.25) is 9.59 Å². The van der Waals surface area contributed by atoms with E-state index in [1.807, 2.05) is 17.0 Å². The SMILES string of the molecule is COCCC(=O)N1CCC(Oc2ccc(C(=O)N3CC[C@@H](O)C3)cc2)CC1. The number of nitrogens with zero attached hydrogens (tertiary/aromatic N) is 2. The fraction of sp³-hybridized carbons (Fsp3) is 0.600. The maximum absolute atomic E-state index is 12.4. The van der Waals surface area contributed by atoms with Crippen molar-refractivity contribution in [2.24, 2.45) is 0 Å². The summed E-state index contributed by atoms with van der Waals surface area (Å²) in [4.78, 5) is 27.9. The van der Waals surface area contributed by atoms with E-state index in [2.05, 4.69) is 0 Å². The zero-order valence-electron chi connectivity index (χ0n) is 15.8. The Bertz CT molecular complexity index is 640. The summed E-state index contributed by atoms with van der Waals surface area (Å²) in [5.41, 5.74) is 0.606. The number of hydrogen-bond donors (Lipinski definition) is 1. The smallest absolute Gasteiger partial charge is 0.253 e. The molecule has 2 amide bonds. The highest BCUT2D eigenvalue weighted by Crippen LogP contribution is 2.21. The molecule has 0 spiro atoms. The highest BCUT2D eigenvalue weighted by atomic mass is 16.5. The molecule has 1 atom stereocenters. The summed E-state index contributed by atoms with van der Waals surface area (Å²) in [6.07, 6.45) is 2.32. The molecule has 0 aliphatic carbocycles. The maximum Gasteiger partial charge on any atom is 0.253 e. The molecule has 1 aromatic carbocycles. The van der Waals surface area contributed by atoms with Gasteiger partial charge in [0.25, 0.3) is 5.91 Å². The van der Waals surface area contributed by atoms with Crippen LogP contribution in [0.2, 0.25) is 0 Å². The molecule has 0 saturated carbocycles. The second-order valence-corrected chi connectivity index (χ2v) is 7.16. The molecule has 7 heteroatoms. The Hall–Kier alpha value is -2.12. The van der Waals surface area contributed by atoms with Gasteiger partial charge in [-0.1, -0.05) is 0 Å². The third kappa shape index (κ3) is 5.20. The second kappa shape index (κ2) is 9.19. The van der Waals surface area contributed by atoms with Crippen molar-refractivity contribution in [2.75, 3.05) is 39.9 Å². The van der Waals surface area contributed by atoms with Crippen LogP contribution < -0.4 is 4.74 Å². The first-order valence-electron chi connectivity index (χ1n) is 9.57. The number of benzene rings is 1. The Morgan fingerprint density at radius 1 is 1.07 bits per heavy atom. The lowest BCUT2D eigenvalue weighted by Gasteiger charge is -2.32. The molecule has 1 aromatic rings. The molecule has 2 aliphatic rings. The summed E-state index contributed by atoms with van der Waals surface area (Å²) in [6, 6.07) is 7.17. The minimum atomic E-state index is -0.413. The number of rotatable bonds is 6. The van der Waals surface area contributed by atoms with E-state index in [1.54, 1.807) is 24.1 Å². The predicted octanol–water partition coefficient (Wildman–Crippen LogP) is 1.30. The van der Waals surface area contributed by atoms with E-state index in [0.717, 1.165) is 18.6 Å². The molecular weight excluding hydrogens is 348 g/mol. The molecular formula is C20H28N2O5. The van der Waals surface area contributed by atoms with Crippen LogP contribution >= 0.6 is 0 Å². The topological polar surface area (TPSA) is 79.3 Å². The van der Waals surface area contributed by atoms with Crippen molar-refractivity contribution in [2.45, 2.75) is 37.9 Å². The number of aliphatic hydroxyl groups excluding tert-OH is 1. The largest absolute Gasteiger partial charge is 0.490 e. The van der Waals surface area contributed by atoms with E-state index < -0.39 is 6.10 Å². The fourth-order valence-corrected chi connectivity index (χ4v) is 3.55. The van der Waals surface area contributed by atoms with Crippen LogP contribution in [0.1, 0.15) is 36.0 Å². The first kappa shape index (κ1) is 19.6. The predicted molar refractivity (Wildman–Crippen MR) is 99.7 cm³/mol. The number of ether oxygens (including phenoxy) is 2. The lowest BCUT2D eigenvalue weighted by molar-refractivity contribution is -0.133. The number of carbonyl (C=O) groups is 2. The molecule has 0 aromatic heterocycles. The van der Waals surface area contributed by atoms with Crippen LogP contribution in [0.15, 0.2) is 24.3 Å². The summed E-state index contributed by atoms with van der Waals surface area (Å²) in [7, 11) is 1.60. The molecule has 3 rings (SSSR count). The van der Waals surface area contributed by atoms with Gasteiger partial charge in [-0.2, -0.15) is 0 Å². The number of β-amino-alcohol motifs (C(OH)–C–C–N with tert-alkyl or cyclic N) is 1.